The molecule has 2 aliphatic heterocycles. The number of hydrogen-bond acceptors (Lipinski definition) is 8. The van der Waals surface area contributed by atoms with Crippen LogP contribution in [0.3, 0.4) is 0 Å². The number of nitrogens with zero attached hydrogens (tertiary/aromatic N) is 5. The molecule has 3 aromatic rings. The van der Waals surface area contributed by atoms with Crippen LogP contribution in [0.2, 0.25) is 0 Å². The second kappa shape index (κ2) is 10.3. The Labute approximate surface area is 210 Å². The van der Waals surface area contributed by atoms with Gasteiger partial charge in [0, 0.05) is 69.5 Å². The average Bonchev–Trinajstić information content (AvgIpc) is 2.92. The molecule has 2 N–H and O–H groups in total. The fourth-order valence-electron chi connectivity index (χ4n) is 4.68. The molecule has 2 aromatic heterocycles. The lowest BCUT2D eigenvalue weighted by molar-refractivity contribution is -0.136. The van der Waals surface area contributed by atoms with E-state index >= 15 is 0 Å². The van der Waals surface area contributed by atoms with Crippen molar-refractivity contribution in [1.82, 2.24) is 25.2 Å². The third-order valence-electron chi connectivity index (χ3n) is 6.77. The van der Waals surface area contributed by atoms with Gasteiger partial charge in [-0.3, -0.25) is 9.78 Å². The van der Waals surface area contributed by atoms with E-state index in [4.69, 9.17) is 9.72 Å². The van der Waals surface area contributed by atoms with E-state index in [1.807, 2.05) is 18.2 Å². The van der Waals surface area contributed by atoms with E-state index in [0.29, 0.717) is 45.1 Å². The number of nitrogens with one attached hydrogen (secondary N) is 2. The third kappa shape index (κ3) is 5.24. The summed E-state index contributed by atoms with van der Waals surface area (Å²) >= 11 is 0. The highest BCUT2D eigenvalue weighted by molar-refractivity contribution is 5.88. The molecular weight excluding hydrogens is 461 g/mol. The van der Waals surface area contributed by atoms with Crippen LogP contribution in [0.4, 0.5) is 15.9 Å². The van der Waals surface area contributed by atoms with Crippen LogP contribution in [0.15, 0.2) is 42.7 Å². The lowest BCUT2D eigenvalue weighted by Gasteiger charge is -2.36. The van der Waals surface area contributed by atoms with Crippen LogP contribution in [-0.4, -0.2) is 90.0 Å². The molecule has 5 rings (SSSR count). The zero-order valence-electron chi connectivity index (χ0n) is 20.7. The van der Waals surface area contributed by atoms with Crippen molar-refractivity contribution in [2.24, 2.45) is 0 Å². The lowest BCUT2D eigenvalue weighted by Crippen LogP contribution is -2.51. The Morgan fingerprint density at radius 1 is 1.19 bits per heavy atom. The SMILES string of the molecule is CC(F)C(=O)N1CCN(c2ccc(-c3cc4nccnc4c(NC[C@@]4(C)CNCCO4)n3)cc2)CC1. The first kappa shape index (κ1) is 24.3. The molecule has 2 aliphatic rings. The summed E-state index contributed by atoms with van der Waals surface area (Å²) in [6.07, 6.45) is 1.90. The molecular formula is C26H32FN7O2. The molecule has 0 bridgehead atoms. The van der Waals surface area contributed by atoms with Crippen LogP contribution in [0.1, 0.15) is 13.8 Å². The molecule has 190 valence electrons. The topological polar surface area (TPSA) is 95.5 Å². The van der Waals surface area contributed by atoms with Crippen LogP contribution in [0.25, 0.3) is 22.3 Å². The lowest BCUT2D eigenvalue weighted by atomic mass is 10.1. The van der Waals surface area contributed by atoms with E-state index in [0.717, 1.165) is 41.1 Å². The predicted molar refractivity (Wildman–Crippen MR) is 138 cm³/mol. The molecule has 2 fully saturated rings. The fourth-order valence-corrected chi connectivity index (χ4v) is 4.68. The van der Waals surface area contributed by atoms with Gasteiger partial charge in [-0.05, 0) is 32.0 Å². The van der Waals surface area contributed by atoms with Crippen LogP contribution in [0, 0.1) is 0 Å². The number of pyridine rings is 1. The van der Waals surface area contributed by atoms with Crippen molar-refractivity contribution in [3.8, 4) is 11.3 Å². The Morgan fingerprint density at radius 3 is 2.64 bits per heavy atom. The van der Waals surface area contributed by atoms with Crippen molar-refractivity contribution < 1.29 is 13.9 Å². The average molecular weight is 494 g/mol. The monoisotopic (exact) mass is 493 g/mol. The molecule has 1 amide bonds. The zero-order chi connectivity index (χ0) is 25.1. The van der Waals surface area contributed by atoms with Gasteiger partial charge in [0.2, 0.25) is 0 Å². The van der Waals surface area contributed by atoms with E-state index in [1.54, 1.807) is 17.3 Å². The van der Waals surface area contributed by atoms with Gasteiger partial charge in [-0.15, -0.1) is 0 Å². The van der Waals surface area contributed by atoms with Gasteiger partial charge in [-0.25, -0.2) is 14.4 Å². The van der Waals surface area contributed by atoms with Crippen LogP contribution in [-0.2, 0) is 9.53 Å². The number of morpholine rings is 1. The highest BCUT2D eigenvalue weighted by atomic mass is 19.1. The van der Waals surface area contributed by atoms with Crippen molar-refractivity contribution >= 4 is 28.4 Å². The van der Waals surface area contributed by atoms with Crippen molar-refractivity contribution in [3.05, 3.63) is 42.7 Å². The molecule has 0 spiro atoms. The summed E-state index contributed by atoms with van der Waals surface area (Å²) in [6.45, 7) is 8.66. The smallest absolute Gasteiger partial charge is 0.256 e. The van der Waals surface area contributed by atoms with Crippen LogP contribution >= 0.6 is 0 Å². The van der Waals surface area contributed by atoms with Gasteiger partial charge >= 0.3 is 0 Å². The Hall–Kier alpha value is -3.37. The summed E-state index contributed by atoms with van der Waals surface area (Å²) < 4.78 is 19.3. The number of piperazine rings is 1. The van der Waals surface area contributed by atoms with Crippen molar-refractivity contribution in [2.45, 2.75) is 25.6 Å². The third-order valence-corrected chi connectivity index (χ3v) is 6.77. The largest absolute Gasteiger partial charge is 0.371 e. The van der Waals surface area contributed by atoms with Gasteiger partial charge < -0.3 is 25.2 Å². The maximum atomic E-state index is 13.4. The summed E-state index contributed by atoms with van der Waals surface area (Å²) in [5.41, 5.74) is 4.00. The highest BCUT2D eigenvalue weighted by Gasteiger charge is 2.28. The minimum absolute atomic E-state index is 0.330. The summed E-state index contributed by atoms with van der Waals surface area (Å²) in [4.78, 5) is 29.6. The molecule has 0 saturated carbocycles. The van der Waals surface area contributed by atoms with Crippen molar-refractivity contribution in [3.63, 3.8) is 0 Å². The van der Waals surface area contributed by atoms with Crippen molar-refractivity contribution in [2.75, 3.05) is 62.6 Å². The first-order valence-electron chi connectivity index (χ1n) is 12.4. The first-order chi connectivity index (χ1) is 17.4. The number of amides is 1. The number of benzene rings is 1. The minimum Gasteiger partial charge on any atom is -0.371 e. The van der Waals surface area contributed by atoms with E-state index in [2.05, 4.69) is 44.6 Å². The normalized spacial score (nSPS) is 21.4. The Balaban J connectivity index is 1.33. The quantitative estimate of drug-likeness (QED) is 0.541. The predicted octanol–water partition coefficient (Wildman–Crippen LogP) is 2.49. The van der Waals surface area contributed by atoms with Crippen LogP contribution in [0.5, 0.6) is 0 Å². The number of carbonyl (C=O) groups excluding carboxylic acids is 1. The fraction of sp³-hybridized carbons (Fsp3) is 0.462. The second-order valence-corrected chi connectivity index (χ2v) is 9.58. The zero-order valence-corrected chi connectivity index (χ0v) is 20.7. The molecule has 4 heterocycles. The second-order valence-electron chi connectivity index (χ2n) is 9.58. The number of ether oxygens (including phenoxy) is 1. The summed E-state index contributed by atoms with van der Waals surface area (Å²) in [5.74, 6) is 0.248. The Kier molecular flexibility index (Phi) is 6.97. The minimum atomic E-state index is -1.45. The van der Waals surface area contributed by atoms with Gasteiger partial charge in [-0.2, -0.15) is 0 Å². The number of fused-ring (bicyclic) bond motifs is 1. The summed E-state index contributed by atoms with van der Waals surface area (Å²) in [6, 6.07) is 10.2. The van der Waals surface area contributed by atoms with Gasteiger partial charge in [0.25, 0.3) is 5.91 Å². The highest BCUT2D eigenvalue weighted by Crippen LogP contribution is 2.28. The number of carbonyl (C=O) groups is 1. The number of alkyl halides is 1. The van der Waals surface area contributed by atoms with Gasteiger partial charge in [-0.1, -0.05) is 12.1 Å². The molecule has 1 aromatic carbocycles. The molecule has 10 heteroatoms. The van der Waals surface area contributed by atoms with Gasteiger partial charge in [0.15, 0.2) is 12.0 Å². The van der Waals surface area contributed by atoms with E-state index < -0.39 is 12.1 Å². The van der Waals surface area contributed by atoms with E-state index in [9.17, 15) is 9.18 Å². The van der Waals surface area contributed by atoms with E-state index in [-0.39, 0.29) is 5.60 Å². The number of rotatable bonds is 6. The summed E-state index contributed by atoms with van der Waals surface area (Å²) in [7, 11) is 0. The molecule has 2 saturated heterocycles. The number of aromatic nitrogens is 3. The molecule has 0 radical (unpaired) electrons. The van der Waals surface area contributed by atoms with Gasteiger partial charge in [0.05, 0.1) is 23.4 Å². The molecule has 0 aliphatic carbocycles. The molecule has 9 nitrogen and oxygen atoms in total. The maximum Gasteiger partial charge on any atom is 0.256 e. The van der Waals surface area contributed by atoms with Crippen LogP contribution < -0.4 is 15.5 Å². The van der Waals surface area contributed by atoms with Crippen molar-refractivity contribution in [1.29, 1.82) is 0 Å². The number of anilines is 2. The first-order valence-corrected chi connectivity index (χ1v) is 12.4. The Morgan fingerprint density at radius 2 is 1.94 bits per heavy atom. The molecule has 1 unspecified atom stereocenters. The Bertz CT molecular complexity index is 1210. The molecule has 2 atom stereocenters. The summed E-state index contributed by atoms with van der Waals surface area (Å²) in [5, 5.41) is 6.82. The maximum absolute atomic E-state index is 13.4. The van der Waals surface area contributed by atoms with Gasteiger partial charge in [0.1, 0.15) is 5.52 Å². The molecule has 36 heavy (non-hydrogen) atoms. The number of hydrogen-bond donors (Lipinski definition) is 2. The van der Waals surface area contributed by atoms with E-state index in [1.165, 1.54) is 6.92 Å². The number of halogens is 1. The standard InChI is InChI=1S/C26H32FN7O2/c1-18(27)25(35)34-12-10-33(11-13-34)20-5-3-19(4-6-20)21-15-22-23(30-8-7-29-22)24(32-21)31-17-26(2)16-28-9-14-36-26/h3-8,15,18,28H,9-14,16-17H2,1-2H3,(H,31,32)/t18?,26-/m1/s1.